The first kappa shape index (κ1) is 10.7. The summed E-state index contributed by atoms with van der Waals surface area (Å²) >= 11 is 0. The van der Waals surface area contributed by atoms with Crippen molar-refractivity contribution in [3.8, 4) is 0 Å². The van der Waals surface area contributed by atoms with Crippen LogP contribution in [-0.2, 0) is 0 Å². The van der Waals surface area contributed by atoms with Gasteiger partial charge in [0.1, 0.15) is 5.58 Å². The number of allylic oxidation sites excluding steroid dienone is 1. The Bertz CT molecular complexity index is 618. The maximum atomic E-state index is 11.4. The zero-order valence-corrected chi connectivity index (χ0v) is 9.70. The van der Waals surface area contributed by atoms with E-state index in [2.05, 4.69) is 6.92 Å². The molecule has 1 aromatic carbocycles. The molecular weight excluding hydrogens is 200 g/mol. The fourth-order valence-corrected chi connectivity index (χ4v) is 1.81. The van der Waals surface area contributed by atoms with Crippen LogP contribution in [0.3, 0.4) is 0 Å². The Morgan fingerprint density at radius 2 is 1.94 bits per heavy atom. The minimum atomic E-state index is -0.261. The van der Waals surface area contributed by atoms with Crippen molar-refractivity contribution in [1.82, 2.24) is 0 Å². The van der Waals surface area contributed by atoms with Crippen molar-refractivity contribution in [2.24, 2.45) is 0 Å². The van der Waals surface area contributed by atoms with Crippen LogP contribution >= 0.6 is 0 Å². The van der Waals surface area contributed by atoms with E-state index in [4.69, 9.17) is 4.42 Å². The smallest absolute Gasteiger partial charge is 0.339 e. The Kier molecular flexibility index (Phi) is 2.65. The molecule has 0 atom stereocenters. The van der Waals surface area contributed by atoms with Gasteiger partial charge in [-0.1, -0.05) is 18.2 Å². The third-order valence-corrected chi connectivity index (χ3v) is 2.68. The molecule has 16 heavy (non-hydrogen) atoms. The molecular formula is C14H14O2. The Hall–Kier alpha value is -1.83. The van der Waals surface area contributed by atoms with Gasteiger partial charge in [0.05, 0.1) is 0 Å². The standard InChI is InChI=1S/C14H14O2/c1-4-5-11-9(2)6-7-13-12(11)8-10(3)14(15)16-13/h4-8H,1-3H3/b5-4-. The van der Waals surface area contributed by atoms with Gasteiger partial charge in [0.25, 0.3) is 0 Å². The van der Waals surface area contributed by atoms with Gasteiger partial charge in [-0.2, -0.15) is 0 Å². The van der Waals surface area contributed by atoms with E-state index >= 15 is 0 Å². The molecule has 2 aromatic rings. The van der Waals surface area contributed by atoms with Gasteiger partial charge < -0.3 is 4.42 Å². The predicted molar refractivity (Wildman–Crippen MR) is 66.7 cm³/mol. The van der Waals surface area contributed by atoms with E-state index in [0.717, 1.165) is 10.9 Å². The van der Waals surface area contributed by atoms with Crippen molar-refractivity contribution in [1.29, 1.82) is 0 Å². The van der Waals surface area contributed by atoms with Gasteiger partial charge in [0.15, 0.2) is 0 Å². The summed E-state index contributed by atoms with van der Waals surface area (Å²) in [5.41, 5.74) is 3.33. The van der Waals surface area contributed by atoms with Gasteiger partial charge in [0, 0.05) is 10.9 Å². The summed E-state index contributed by atoms with van der Waals surface area (Å²) in [7, 11) is 0. The van der Waals surface area contributed by atoms with E-state index in [1.807, 2.05) is 37.3 Å². The van der Waals surface area contributed by atoms with E-state index in [1.165, 1.54) is 5.56 Å². The summed E-state index contributed by atoms with van der Waals surface area (Å²) in [6.07, 6.45) is 4.03. The molecule has 0 fully saturated rings. The third kappa shape index (κ3) is 1.67. The monoisotopic (exact) mass is 214 g/mol. The Labute approximate surface area is 94.2 Å². The zero-order chi connectivity index (χ0) is 11.7. The average Bonchev–Trinajstić information content (AvgIpc) is 2.25. The molecule has 0 saturated heterocycles. The summed E-state index contributed by atoms with van der Waals surface area (Å²) in [6.45, 7) is 5.80. The van der Waals surface area contributed by atoms with Gasteiger partial charge in [-0.05, 0) is 44.0 Å². The fraction of sp³-hybridized carbons (Fsp3) is 0.214. The van der Waals surface area contributed by atoms with E-state index in [1.54, 1.807) is 6.92 Å². The lowest BCUT2D eigenvalue weighted by Crippen LogP contribution is -2.02. The second-order valence-electron chi connectivity index (χ2n) is 3.92. The molecule has 1 aromatic heterocycles. The molecule has 0 aliphatic carbocycles. The lowest BCUT2D eigenvalue weighted by Gasteiger charge is -2.05. The Morgan fingerprint density at radius 1 is 1.19 bits per heavy atom. The third-order valence-electron chi connectivity index (χ3n) is 2.68. The first-order chi connectivity index (χ1) is 7.63. The van der Waals surface area contributed by atoms with Gasteiger partial charge in [-0.3, -0.25) is 0 Å². The highest BCUT2D eigenvalue weighted by Crippen LogP contribution is 2.23. The molecule has 2 heteroatoms. The highest BCUT2D eigenvalue weighted by molar-refractivity contribution is 5.88. The van der Waals surface area contributed by atoms with Crippen LogP contribution in [0.2, 0.25) is 0 Å². The van der Waals surface area contributed by atoms with E-state index < -0.39 is 0 Å². The molecule has 2 rings (SSSR count). The summed E-state index contributed by atoms with van der Waals surface area (Å²) in [6, 6.07) is 5.71. The second kappa shape index (κ2) is 3.97. The van der Waals surface area contributed by atoms with Crippen LogP contribution in [0, 0.1) is 13.8 Å². The van der Waals surface area contributed by atoms with Crippen LogP contribution in [-0.4, -0.2) is 0 Å². The van der Waals surface area contributed by atoms with Crippen LogP contribution in [0.15, 0.2) is 33.5 Å². The summed E-state index contributed by atoms with van der Waals surface area (Å²) < 4.78 is 5.24. The topological polar surface area (TPSA) is 30.2 Å². The largest absolute Gasteiger partial charge is 0.423 e. The molecule has 0 radical (unpaired) electrons. The highest BCUT2D eigenvalue weighted by atomic mass is 16.4. The van der Waals surface area contributed by atoms with E-state index in [-0.39, 0.29) is 5.63 Å². The number of aryl methyl sites for hydroxylation is 2. The molecule has 0 N–H and O–H groups in total. The van der Waals surface area contributed by atoms with Crippen molar-refractivity contribution in [2.45, 2.75) is 20.8 Å². The Morgan fingerprint density at radius 3 is 2.62 bits per heavy atom. The number of fused-ring (bicyclic) bond motifs is 1. The van der Waals surface area contributed by atoms with Crippen molar-refractivity contribution in [3.05, 3.63) is 51.4 Å². The molecule has 0 bridgehead atoms. The lowest BCUT2D eigenvalue weighted by atomic mass is 10.0. The molecule has 82 valence electrons. The highest BCUT2D eigenvalue weighted by Gasteiger charge is 2.06. The summed E-state index contributed by atoms with van der Waals surface area (Å²) in [5, 5.41) is 0.996. The van der Waals surface area contributed by atoms with Crippen molar-refractivity contribution >= 4 is 17.0 Å². The number of hydrogen-bond donors (Lipinski definition) is 0. The number of hydrogen-bond acceptors (Lipinski definition) is 2. The molecule has 0 spiro atoms. The second-order valence-corrected chi connectivity index (χ2v) is 3.92. The fourth-order valence-electron chi connectivity index (χ4n) is 1.81. The first-order valence-electron chi connectivity index (χ1n) is 5.30. The predicted octanol–water partition coefficient (Wildman–Crippen LogP) is 3.44. The van der Waals surface area contributed by atoms with Crippen LogP contribution < -0.4 is 5.63 Å². The average molecular weight is 214 g/mol. The maximum Gasteiger partial charge on any atom is 0.339 e. The van der Waals surface area contributed by atoms with Crippen molar-refractivity contribution in [3.63, 3.8) is 0 Å². The van der Waals surface area contributed by atoms with Gasteiger partial charge >= 0.3 is 5.63 Å². The molecule has 0 aliphatic heterocycles. The van der Waals surface area contributed by atoms with Crippen molar-refractivity contribution < 1.29 is 4.42 Å². The molecule has 2 nitrogen and oxygen atoms in total. The SMILES string of the molecule is C/C=C\c1c(C)ccc2oc(=O)c(C)cc12. The normalized spacial score (nSPS) is 11.4. The number of benzene rings is 1. The Balaban J connectivity index is 2.91. The van der Waals surface area contributed by atoms with E-state index in [0.29, 0.717) is 11.1 Å². The summed E-state index contributed by atoms with van der Waals surface area (Å²) in [5.74, 6) is 0. The van der Waals surface area contributed by atoms with Crippen LogP contribution in [0.4, 0.5) is 0 Å². The van der Waals surface area contributed by atoms with Gasteiger partial charge in [-0.25, -0.2) is 4.79 Å². The van der Waals surface area contributed by atoms with Gasteiger partial charge in [-0.15, -0.1) is 0 Å². The molecule has 1 heterocycles. The zero-order valence-electron chi connectivity index (χ0n) is 9.70. The first-order valence-corrected chi connectivity index (χ1v) is 5.30. The van der Waals surface area contributed by atoms with Crippen LogP contribution in [0.1, 0.15) is 23.6 Å². The molecule has 0 aliphatic rings. The van der Waals surface area contributed by atoms with Crippen molar-refractivity contribution in [2.75, 3.05) is 0 Å². The quantitative estimate of drug-likeness (QED) is 0.681. The van der Waals surface area contributed by atoms with Crippen LogP contribution in [0.25, 0.3) is 17.0 Å². The van der Waals surface area contributed by atoms with E-state index in [9.17, 15) is 4.79 Å². The molecule has 0 amide bonds. The maximum absolute atomic E-state index is 11.4. The van der Waals surface area contributed by atoms with Gasteiger partial charge in [0.2, 0.25) is 0 Å². The minimum absolute atomic E-state index is 0.261. The number of rotatable bonds is 1. The minimum Gasteiger partial charge on any atom is -0.423 e. The summed E-state index contributed by atoms with van der Waals surface area (Å²) in [4.78, 5) is 11.4. The van der Waals surface area contributed by atoms with Crippen LogP contribution in [0.5, 0.6) is 0 Å². The molecule has 0 saturated carbocycles. The molecule has 0 unspecified atom stereocenters. The lowest BCUT2D eigenvalue weighted by molar-refractivity contribution is 0.555.